The molecule has 0 aliphatic carbocycles. The first-order valence-electron chi connectivity index (χ1n) is 9.48. The van der Waals surface area contributed by atoms with E-state index in [1.165, 1.54) is 11.8 Å². The molecule has 0 unspecified atom stereocenters. The van der Waals surface area contributed by atoms with Crippen LogP contribution in [-0.2, 0) is 9.53 Å². The number of para-hydroxylation sites is 1. The Balaban J connectivity index is 1.81. The molecule has 2 heterocycles. The van der Waals surface area contributed by atoms with Gasteiger partial charge in [-0.05, 0) is 26.0 Å². The topological polar surface area (TPSA) is 63.5 Å². The molecule has 28 heavy (non-hydrogen) atoms. The quantitative estimate of drug-likeness (QED) is 0.501. The average molecular weight is 402 g/mol. The molecule has 2 aromatic rings. The van der Waals surface area contributed by atoms with Crippen LogP contribution in [0.5, 0.6) is 0 Å². The molecule has 1 fully saturated rings. The maximum absolute atomic E-state index is 12.6. The summed E-state index contributed by atoms with van der Waals surface area (Å²) < 4.78 is 7.49. The number of hydrogen-bond acceptors (Lipinski definition) is 6. The molecule has 1 aromatic heterocycles. The second kappa shape index (κ2) is 9.75. The maximum Gasteiger partial charge on any atom is 0.233 e. The Hall–Kier alpha value is -2.32. The lowest BCUT2D eigenvalue weighted by Crippen LogP contribution is -2.38. The van der Waals surface area contributed by atoms with E-state index >= 15 is 0 Å². The summed E-state index contributed by atoms with van der Waals surface area (Å²) in [6.45, 7) is 12.0. The predicted molar refractivity (Wildman–Crippen MR) is 112 cm³/mol. The van der Waals surface area contributed by atoms with Gasteiger partial charge in [0.25, 0.3) is 0 Å². The number of carbonyl (C=O) groups excluding carboxylic acids is 1. The van der Waals surface area contributed by atoms with Crippen molar-refractivity contribution >= 4 is 23.6 Å². The third kappa shape index (κ3) is 4.94. The molecule has 1 saturated heterocycles. The molecule has 0 N–H and O–H groups in total. The van der Waals surface area contributed by atoms with Gasteiger partial charge < -0.3 is 14.5 Å². The molecule has 0 saturated carbocycles. The van der Waals surface area contributed by atoms with Crippen LogP contribution in [0.2, 0.25) is 0 Å². The fourth-order valence-corrected chi connectivity index (χ4v) is 3.90. The highest BCUT2D eigenvalue weighted by atomic mass is 32.2. The number of carbonyl (C=O) groups is 1. The average Bonchev–Trinajstić information content (AvgIpc) is 3.15. The Kier molecular flexibility index (Phi) is 7.11. The van der Waals surface area contributed by atoms with Crippen molar-refractivity contribution < 1.29 is 9.53 Å². The number of morpholine rings is 1. The monoisotopic (exact) mass is 401 g/mol. The predicted octanol–water partition coefficient (Wildman–Crippen LogP) is 2.62. The van der Waals surface area contributed by atoms with Gasteiger partial charge in [0.05, 0.1) is 24.7 Å². The van der Waals surface area contributed by atoms with Crippen molar-refractivity contribution in [3.63, 3.8) is 0 Å². The zero-order valence-electron chi connectivity index (χ0n) is 16.5. The molecule has 0 spiro atoms. The largest absolute Gasteiger partial charge is 0.378 e. The van der Waals surface area contributed by atoms with E-state index in [9.17, 15) is 4.79 Å². The van der Waals surface area contributed by atoms with Crippen molar-refractivity contribution in [3.8, 4) is 5.69 Å². The number of amides is 1. The van der Waals surface area contributed by atoms with Crippen LogP contribution in [0.3, 0.4) is 0 Å². The Morgan fingerprint density at radius 1 is 1.25 bits per heavy atom. The lowest BCUT2D eigenvalue weighted by atomic mass is 10.3. The van der Waals surface area contributed by atoms with Gasteiger partial charge in [-0.2, -0.15) is 0 Å². The number of anilines is 1. The van der Waals surface area contributed by atoms with Crippen molar-refractivity contribution in [3.05, 3.63) is 42.5 Å². The van der Waals surface area contributed by atoms with Crippen molar-refractivity contribution in [2.24, 2.45) is 0 Å². The third-order valence-electron chi connectivity index (χ3n) is 4.44. The number of hydrogen-bond donors (Lipinski definition) is 0. The van der Waals surface area contributed by atoms with E-state index in [4.69, 9.17) is 4.74 Å². The van der Waals surface area contributed by atoms with Gasteiger partial charge in [0.2, 0.25) is 11.9 Å². The zero-order chi connectivity index (χ0) is 19.9. The minimum absolute atomic E-state index is 0.0750. The van der Waals surface area contributed by atoms with E-state index < -0.39 is 0 Å². The third-order valence-corrected chi connectivity index (χ3v) is 5.36. The Morgan fingerprint density at radius 2 is 1.96 bits per heavy atom. The summed E-state index contributed by atoms with van der Waals surface area (Å²) in [5.41, 5.74) is 1.96. The van der Waals surface area contributed by atoms with Crippen molar-refractivity contribution in [2.45, 2.75) is 19.0 Å². The van der Waals surface area contributed by atoms with Gasteiger partial charge in [0.15, 0.2) is 5.16 Å². The van der Waals surface area contributed by atoms with Crippen LogP contribution >= 0.6 is 11.8 Å². The first-order valence-corrected chi connectivity index (χ1v) is 10.5. The van der Waals surface area contributed by atoms with Crippen LogP contribution in [0.1, 0.15) is 13.8 Å². The van der Waals surface area contributed by atoms with E-state index in [1.54, 1.807) is 4.90 Å². The molecule has 7 nitrogen and oxygen atoms in total. The molecular formula is C20H27N5O2S. The van der Waals surface area contributed by atoms with Gasteiger partial charge in [-0.25, -0.2) is 0 Å². The number of thioether (sulfide) groups is 1. The van der Waals surface area contributed by atoms with Crippen LogP contribution in [0.15, 0.2) is 47.6 Å². The lowest BCUT2D eigenvalue weighted by molar-refractivity contribution is -0.127. The first kappa shape index (κ1) is 20.4. The molecule has 1 aliphatic rings. The van der Waals surface area contributed by atoms with Crippen LogP contribution in [0, 0.1) is 0 Å². The Morgan fingerprint density at radius 3 is 2.61 bits per heavy atom. The maximum atomic E-state index is 12.6. The van der Waals surface area contributed by atoms with E-state index in [-0.39, 0.29) is 5.91 Å². The number of nitrogens with zero attached hydrogens (tertiary/aromatic N) is 5. The number of benzene rings is 1. The fraction of sp³-hybridized carbons (Fsp3) is 0.450. The Labute approximate surface area is 170 Å². The first-order chi connectivity index (χ1) is 13.6. The highest BCUT2D eigenvalue weighted by Crippen LogP contribution is 2.27. The smallest absolute Gasteiger partial charge is 0.233 e. The summed E-state index contributed by atoms with van der Waals surface area (Å²) in [5.74, 6) is 1.18. The van der Waals surface area contributed by atoms with Gasteiger partial charge >= 0.3 is 0 Å². The van der Waals surface area contributed by atoms with Gasteiger partial charge in [0, 0.05) is 26.2 Å². The summed E-state index contributed by atoms with van der Waals surface area (Å²) in [4.78, 5) is 16.6. The van der Waals surface area contributed by atoms with Crippen LogP contribution in [0.4, 0.5) is 5.95 Å². The molecule has 1 amide bonds. The number of aromatic nitrogens is 3. The van der Waals surface area contributed by atoms with Crippen molar-refractivity contribution in [1.82, 2.24) is 19.7 Å². The number of ether oxygens (including phenoxy) is 1. The molecule has 1 aliphatic heterocycles. The molecule has 150 valence electrons. The Bertz CT molecular complexity index is 802. The molecule has 0 radical (unpaired) electrons. The molecule has 0 atom stereocenters. The number of likely N-dealkylation sites (N-methyl/N-ethyl adjacent to an activating group) is 1. The summed E-state index contributed by atoms with van der Waals surface area (Å²) in [6.07, 6.45) is 0. The van der Waals surface area contributed by atoms with Gasteiger partial charge in [-0.15, -0.1) is 10.2 Å². The summed E-state index contributed by atoms with van der Waals surface area (Å²) in [6, 6.07) is 10.0. The second-order valence-corrected chi connectivity index (χ2v) is 7.65. The van der Waals surface area contributed by atoms with E-state index in [0.717, 1.165) is 30.3 Å². The molecule has 1 aromatic carbocycles. The highest BCUT2D eigenvalue weighted by Gasteiger charge is 2.23. The normalized spacial score (nSPS) is 14.1. The fourth-order valence-electron chi connectivity index (χ4n) is 3.05. The van der Waals surface area contributed by atoms with E-state index in [0.29, 0.717) is 37.2 Å². The van der Waals surface area contributed by atoms with Crippen molar-refractivity contribution in [2.75, 3.05) is 50.0 Å². The lowest BCUT2D eigenvalue weighted by Gasteiger charge is -2.28. The molecule has 0 bridgehead atoms. The van der Waals surface area contributed by atoms with Gasteiger partial charge in [-0.1, -0.05) is 42.1 Å². The van der Waals surface area contributed by atoms with Crippen LogP contribution in [0.25, 0.3) is 5.69 Å². The molecule has 3 rings (SSSR count). The van der Waals surface area contributed by atoms with Crippen LogP contribution in [-0.4, -0.2) is 70.7 Å². The van der Waals surface area contributed by atoms with Crippen molar-refractivity contribution in [1.29, 1.82) is 0 Å². The van der Waals surface area contributed by atoms with E-state index in [2.05, 4.69) is 21.7 Å². The molecular weight excluding hydrogens is 374 g/mol. The standard InChI is InChI=1S/C20H27N5O2S/c1-4-23(14-16(2)3)18(26)15-28-20-22-21-19(24-10-12-27-13-11-24)25(20)17-8-6-5-7-9-17/h5-9H,2,4,10-15H2,1,3H3. The minimum atomic E-state index is 0.0750. The summed E-state index contributed by atoms with van der Waals surface area (Å²) in [7, 11) is 0. The highest BCUT2D eigenvalue weighted by molar-refractivity contribution is 7.99. The summed E-state index contributed by atoms with van der Waals surface area (Å²) >= 11 is 1.42. The van der Waals surface area contributed by atoms with Gasteiger partial charge in [0.1, 0.15) is 0 Å². The van der Waals surface area contributed by atoms with E-state index in [1.807, 2.05) is 48.7 Å². The second-order valence-electron chi connectivity index (χ2n) is 6.71. The number of rotatable bonds is 8. The van der Waals surface area contributed by atoms with Crippen LogP contribution < -0.4 is 4.90 Å². The SMILES string of the molecule is C=C(C)CN(CC)C(=O)CSc1nnc(N2CCOCC2)n1-c1ccccc1. The molecule has 8 heteroatoms. The summed E-state index contributed by atoms with van der Waals surface area (Å²) in [5, 5.41) is 9.54. The van der Waals surface area contributed by atoms with Gasteiger partial charge in [-0.3, -0.25) is 9.36 Å². The zero-order valence-corrected chi connectivity index (χ0v) is 17.3. The minimum Gasteiger partial charge on any atom is -0.378 e.